The van der Waals surface area contributed by atoms with Crippen molar-refractivity contribution in [2.45, 2.75) is 26.3 Å². The largest absolute Gasteiger partial charge is 0.324 e. The number of aromatic nitrogens is 1. The Kier molecular flexibility index (Phi) is 3.14. The lowest BCUT2D eigenvalue weighted by Gasteiger charge is -2.04. The van der Waals surface area contributed by atoms with Crippen molar-refractivity contribution in [1.82, 2.24) is 4.98 Å². The molecule has 70 valence electrons. The van der Waals surface area contributed by atoms with Crippen LogP contribution in [0.3, 0.4) is 0 Å². The summed E-state index contributed by atoms with van der Waals surface area (Å²) >= 11 is 0. The molecule has 1 aromatic rings. The fourth-order valence-corrected chi connectivity index (χ4v) is 1.02. The van der Waals surface area contributed by atoms with Gasteiger partial charge in [0.25, 0.3) is 0 Å². The Bertz CT molecular complexity index is 290. The summed E-state index contributed by atoms with van der Waals surface area (Å²) in [5, 5.41) is 0. The van der Waals surface area contributed by atoms with E-state index in [-0.39, 0.29) is 11.8 Å². The molecule has 0 aliphatic rings. The molecule has 0 saturated carbocycles. The number of hydrogen-bond acceptors (Lipinski definition) is 3. The van der Waals surface area contributed by atoms with Crippen LogP contribution < -0.4 is 5.73 Å². The highest BCUT2D eigenvalue weighted by Gasteiger charge is 2.05. The SMILES string of the molecule is CCC(=O)c1ccc([C@H](C)N)cn1. The van der Waals surface area contributed by atoms with Crippen LogP contribution in [0.25, 0.3) is 0 Å². The summed E-state index contributed by atoms with van der Waals surface area (Å²) in [5.41, 5.74) is 7.12. The molecule has 0 aromatic carbocycles. The molecule has 0 saturated heterocycles. The van der Waals surface area contributed by atoms with Gasteiger partial charge in [0, 0.05) is 18.7 Å². The van der Waals surface area contributed by atoms with E-state index >= 15 is 0 Å². The van der Waals surface area contributed by atoms with Gasteiger partial charge in [-0.3, -0.25) is 9.78 Å². The van der Waals surface area contributed by atoms with E-state index in [1.54, 1.807) is 12.3 Å². The Hall–Kier alpha value is -1.22. The van der Waals surface area contributed by atoms with Gasteiger partial charge in [0.2, 0.25) is 0 Å². The lowest BCUT2D eigenvalue weighted by atomic mass is 10.1. The molecule has 0 radical (unpaired) electrons. The van der Waals surface area contributed by atoms with Gasteiger partial charge in [-0.05, 0) is 18.6 Å². The third kappa shape index (κ3) is 2.36. The number of nitrogens with two attached hydrogens (primary N) is 1. The average Bonchev–Trinajstić information content (AvgIpc) is 2.17. The van der Waals surface area contributed by atoms with Gasteiger partial charge in [0.05, 0.1) is 0 Å². The summed E-state index contributed by atoms with van der Waals surface area (Å²) in [6.07, 6.45) is 2.15. The monoisotopic (exact) mass is 178 g/mol. The number of hydrogen-bond donors (Lipinski definition) is 1. The second kappa shape index (κ2) is 4.14. The van der Waals surface area contributed by atoms with Crippen molar-refractivity contribution in [3.8, 4) is 0 Å². The molecule has 0 aliphatic heterocycles. The Morgan fingerprint density at radius 1 is 1.62 bits per heavy atom. The summed E-state index contributed by atoms with van der Waals surface area (Å²) in [7, 11) is 0. The Balaban J connectivity index is 2.87. The van der Waals surface area contributed by atoms with Crippen LogP contribution in [-0.2, 0) is 0 Å². The van der Waals surface area contributed by atoms with E-state index in [2.05, 4.69) is 4.98 Å². The minimum atomic E-state index is -0.0294. The second-order valence-corrected chi connectivity index (χ2v) is 3.04. The highest BCUT2D eigenvalue weighted by atomic mass is 16.1. The van der Waals surface area contributed by atoms with Gasteiger partial charge in [-0.15, -0.1) is 0 Å². The first kappa shape index (κ1) is 9.86. The first-order chi connectivity index (χ1) is 6.15. The molecule has 1 aromatic heterocycles. The molecule has 1 rings (SSSR count). The molecule has 3 heteroatoms. The first-order valence-electron chi connectivity index (χ1n) is 4.40. The number of carbonyl (C=O) groups excluding carboxylic acids is 1. The Labute approximate surface area is 78.0 Å². The standard InChI is InChI=1S/C10H14N2O/c1-3-10(13)9-5-4-8(6-12-9)7(2)11/h4-7H,3,11H2,1-2H3/t7-/m0/s1. The molecule has 0 bridgehead atoms. The third-order valence-corrected chi connectivity index (χ3v) is 1.92. The van der Waals surface area contributed by atoms with E-state index in [9.17, 15) is 4.79 Å². The van der Waals surface area contributed by atoms with Crippen molar-refractivity contribution in [3.63, 3.8) is 0 Å². The van der Waals surface area contributed by atoms with Crippen molar-refractivity contribution in [3.05, 3.63) is 29.6 Å². The first-order valence-corrected chi connectivity index (χ1v) is 4.40. The van der Waals surface area contributed by atoms with Crippen LogP contribution in [0.5, 0.6) is 0 Å². The maximum Gasteiger partial charge on any atom is 0.180 e. The van der Waals surface area contributed by atoms with E-state index in [0.717, 1.165) is 5.56 Å². The van der Waals surface area contributed by atoms with Gasteiger partial charge in [-0.25, -0.2) is 0 Å². The minimum absolute atomic E-state index is 0.0294. The summed E-state index contributed by atoms with van der Waals surface area (Å²) < 4.78 is 0. The van der Waals surface area contributed by atoms with Gasteiger partial charge in [0.1, 0.15) is 5.69 Å². The van der Waals surface area contributed by atoms with Crippen molar-refractivity contribution in [2.75, 3.05) is 0 Å². The molecule has 3 nitrogen and oxygen atoms in total. The predicted molar refractivity (Wildman–Crippen MR) is 51.5 cm³/mol. The predicted octanol–water partition coefficient (Wildman–Crippen LogP) is 1.69. The third-order valence-electron chi connectivity index (χ3n) is 1.92. The van der Waals surface area contributed by atoms with Gasteiger partial charge in [0.15, 0.2) is 5.78 Å². The number of carbonyl (C=O) groups is 1. The number of Topliss-reactive ketones (excluding diaryl/α,β-unsaturated/α-hetero) is 1. The number of rotatable bonds is 3. The lowest BCUT2D eigenvalue weighted by Crippen LogP contribution is -2.07. The number of pyridine rings is 1. The van der Waals surface area contributed by atoms with Crippen LogP contribution in [0.2, 0.25) is 0 Å². The minimum Gasteiger partial charge on any atom is -0.324 e. The highest BCUT2D eigenvalue weighted by Crippen LogP contribution is 2.08. The summed E-state index contributed by atoms with van der Waals surface area (Å²) in [6, 6.07) is 3.55. The fraction of sp³-hybridized carbons (Fsp3) is 0.400. The van der Waals surface area contributed by atoms with E-state index in [4.69, 9.17) is 5.73 Å². The van der Waals surface area contributed by atoms with Crippen molar-refractivity contribution < 1.29 is 4.79 Å². The second-order valence-electron chi connectivity index (χ2n) is 3.04. The van der Waals surface area contributed by atoms with Crippen LogP contribution in [0, 0.1) is 0 Å². The zero-order valence-corrected chi connectivity index (χ0v) is 7.95. The van der Waals surface area contributed by atoms with E-state index < -0.39 is 0 Å². The lowest BCUT2D eigenvalue weighted by molar-refractivity contribution is 0.0983. The fourth-order valence-electron chi connectivity index (χ4n) is 1.02. The molecule has 0 aliphatic carbocycles. The van der Waals surface area contributed by atoms with Crippen LogP contribution in [0.1, 0.15) is 42.4 Å². The maximum absolute atomic E-state index is 11.2. The van der Waals surface area contributed by atoms with Gasteiger partial charge in [-0.1, -0.05) is 13.0 Å². The summed E-state index contributed by atoms with van der Waals surface area (Å²) in [4.78, 5) is 15.2. The topological polar surface area (TPSA) is 56.0 Å². The smallest absolute Gasteiger partial charge is 0.180 e. The van der Waals surface area contributed by atoms with Gasteiger partial charge in [-0.2, -0.15) is 0 Å². The van der Waals surface area contributed by atoms with Crippen LogP contribution >= 0.6 is 0 Å². The van der Waals surface area contributed by atoms with Crippen molar-refractivity contribution in [2.24, 2.45) is 5.73 Å². The van der Waals surface area contributed by atoms with Crippen molar-refractivity contribution >= 4 is 5.78 Å². The number of ketones is 1. The van der Waals surface area contributed by atoms with Gasteiger partial charge >= 0.3 is 0 Å². The quantitative estimate of drug-likeness (QED) is 0.716. The molecule has 1 atom stereocenters. The zero-order chi connectivity index (χ0) is 9.84. The molecule has 1 heterocycles. The molecule has 0 spiro atoms. The Morgan fingerprint density at radius 2 is 2.31 bits per heavy atom. The van der Waals surface area contributed by atoms with Crippen molar-refractivity contribution in [1.29, 1.82) is 0 Å². The normalized spacial score (nSPS) is 12.5. The van der Waals surface area contributed by atoms with Crippen LogP contribution in [-0.4, -0.2) is 10.8 Å². The maximum atomic E-state index is 11.2. The summed E-state index contributed by atoms with van der Waals surface area (Å²) in [6.45, 7) is 3.71. The molecule has 0 unspecified atom stereocenters. The molecule has 2 N–H and O–H groups in total. The van der Waals surface area contributed by atoms with E-state index in [0.29, 0.717) is 12.1 Å². The van der Waals surface area contributed by atoms with E-state index in [1.807, 2.05) is 19.9 Å². The molecule has 0 fully saturated rings. The molecule has 0 amide bonds. The van der Waals surface area contributed by atoms with Gasteiger partial charge < -0.3 is 5.73 Å². The molecular formula is C10H14N2O. The van der Waals surface area contributed by atoms with E-state index in [1.165, 1.54) is 0 Å². The van der Waals surface area contributed by atoms with Crippen LogP contribution in [0.4, 0.5) is 0 Å². The van der Waals surface area contributed by atoms with Crippen LogP contribution in [0.15, 0.2) is 18.3 Å². The zero-order valence-electron chi connectivity index (χ0n) is 7.95. The molecular weight excluding hydrogens is 164 g/mol. The molecule has 13 heavy (non-hydrogen) atoms. The summed E-state index contributed by atoms with van der Waals surface area (Å²) in [5.74, 6) is 0.0659. The highest BCUT2D eigenvalue weighted by molar-refractivity contribution is 5.93. The average molecular weight is 178 g/mol. The Morgan fingerprint density at radius 3 is 2.69 bits per heavy atom. The number of nitrogens with zero attached hydrogens (tertiary/aromatic N) is 1.